The van der Waals surface area contributed by atoms with Gasteiger partial charge < -0.3 is 4.74 Å². The van der Waals surface area contributed by atoms with E-state index in [2.05, 4.69) is 23.3 Å². The lowest BCUT2D eigenvalue weighted by molar-refractivity contribution is 0.479. The zero-order valence-electron chi connectivity index (χ0n) is 12.3. The Morgan fingerprint density at radius 2 is 2.00 bits per heavy atom. The fourth-order valence-electron chi connectivity index (χ4n) is 2.21. The van der Waals surface area contributed by atoms with Gasteiger partial charge in [0.05, 0.1) is 18.0 Å². The molecule has 2 aromatic carbocycles. The van der Waals surface area contributed by atoms with Gasteiger partial charge in [-0.3, -0.25) is 4.68 Å². The molecular formula is C18H14ClN3O. The molecule has 114 valence electrons. The van der Waals surface area contributed by atoms with Crippen LogP contribution >= 0.6 is 11.6 Å². The SMILES string of the molecule is N#Cc1cc(Cl)ccc1Oc1cnn(CCc2ccccc2)c1. The van der Waals surface area contributed by atoms with Gasteiger partial charge in [-0.05, 0) is 30.2 Å². The van der Waals surface area contributed by atoms with Gasteiger partial charge in [0.25, 0.3) is 0 Å². The maximum Gasteiger partial charge on any atom is 0.165 e. The van der Waals surface area contributed by atoms with Gasteiger partial charge in [0, 0.05) is 11.6 Å². The Morgan fingerprint density at radius 3 is 2.78 bits per heavy atom. The molecule has 0 aliphatic heterocycles. The van der Waals surface area contributed by atoms with E-state index in [1.54, 1.807) is 24.4 Å². The van der Waals surface area contributed by atoms with Crippen molar-refractivity contribution in [1.29, 1.82) is 5.26 Å². The second-order valence-electron chi connectivity index (χ2n) is 5.03. The first-order chi connectivity index (χ1) is 11.2. The molecule has 0 atom stereocenters. The molecule has 0 spiro atoms. The number of hydrogen-bond acceptors (Lipinski definition) is 3. The molecule has 0 fully saturated rings. The van der Waals surface area contributed by atoms with Gasteiger partial charge >= 0.3 is 0 Å². The number of nitrogens with zero attached hydrogens (tertiary/aromatic N) is 3. The molecule has 0 aliphatic rings. The second kappa shape index (κ2) is 6.99. The van der Waals surface area contributed by atoms with Crippen LogP contribution in [0.4, 0.5) is 0 Å². The van der Waals surface area contributed by atoms with E-state index < -0.39 is 0 Å². The molecule has 23 heavy (non-hydrogen) atoms. The third kappa shape index (κ3) is 3.91. The minimum atomic E-state index is 0.398. The van der Waals surface area contributed by atoms with Crippen LogP contribution in [0, 0.1) is 11.3 Å². The molecule has 0 saturated carbocycles. The molecule has 0 saturated heterocycles. The zero-order valence-corrected chi connectivity index (χ0v) is 13.1. The fourth-order valence-corrected chi connectivity index (χ4v) is 2.39. The highest BCUT2D eigenvalue weighted by Crippen LogP contribution is 2.27. The maximum atomic E-state index is 9.13. The molecule has 0 aliphatic carbocycles. The van der Waals surface area contributed by atoms with Crippen molar-refractivity contribution in [2.24, 2.45) is 0 Å². The van der Waals surface area contributed by atoms with E-state index in [0.29, 0.717) is 22.1 Å². The summed E-state index contributed by atoms with van der Waals surface area (Å²) in [5.41, 5.74) is 1.66. The van der Waals surface area contributed by atoms with Crippen molar-refractivity contribution in [2.45, 2.75) is 13.0 Å². The van der Waals surface area contributed by atoms with Crippen LogP contribution in [0.1, 0.15) is 11.1 Å². The lowest BCUT2D eigenvalue weighted by atomic mass is 10.1. The van der Waals surface area contributed by atoms with E-state index in [0.717, 1.165) is 13.0 Å². The third-order valence-electron chi connectivity index (χ3n) is 3.37. The number of ether oxygens (including phenoxy) is 1. The lowest BCUT2D eigenvalue weighted by Gasteiger charge is -2.05. The molecule has 0 unspecified atom stereocenters. The van der Waals surface area contributed by atoms with Gasteiger partial charge in [-0.25, -0.2) is 0 Å². The summed E-state index contributed by atoms with van der Waals surface area (Å²) in [6, 6.07) is 17.3. The van der Waals surface area contributed by atoms with E-state index in [9.17, 15) is 0 Å². The Hall–Kier alpha value is -2.77. The summed E-state index contributed by atoms with van der Waals surface area (Å²) in [5, 5.41) is 13.9. The number of aromatic nitrogens is 2. The summed E-state index contributed by atoms with van der Waals surface area (Å²) in [6.07, 6.45) is 4.35. The van der Waals surface area contributed by atoms with Crippen molar-refractivity contribution < 1.29 is 4.74 Å². The highest BCUT2D eigenvalue weighted by molar-refractivity contribution is 6.30. The minimum Gasteiger partial charge on any atom is -0.453 e. The van der Waals surface area contributed by atoms with E-state index in [1.807, 2.05) is 29.1 Å². The van der Waals surface area contributed by atoms with Gasteiger partial charge in [-0.1, -0.05) is 41.9 Å². The molecule has 3 rings (SSSR count). The van der Waals surface area contributed by atoms with Crippen LogP contribution in [0.3, 0.4) is 0 Å². The van der Waals surface area contributed by atoms with Gasteiger partial charge in [0.15, 0.2) is 5.75 Å². The van der Waals surface area contributed by atoms with Crippen LogP contribution in [0.15, 0.2) is 60.9 Å². The highest BCUT2D eigenvalue weighted by atomic mass is 35.5. The molecule has 0 radical (unpaired) electrons. The number of halogens is 1. The zero-order chi connectivity index (χ0) is 16.1. The molecule has 4 nitrogen and oxygen atoms in total. The molecular weight excluding hydrogens is 310 g/mol. The van der Waals surface area contributed by atoms with Crippen molar-refractivity contribution in [3.8, 4) is 17.6 Å². The van der Waals surface area contributed by atoms with Crippen LogP contribution in [0.25, 0.3) is 0 Å². The van der Waals surface area contributed by atoms with Crippen LogP contribution in [0.2, 0.25) is 5.02 Å². The van der Waals surface area contributed by atoms with Gasteiger partial charge in [0.2, 0.25) is 0 Å². The largest absolute Gasteiger partial charge is 0.453 e. The standard InChI is InChI=1S/C18H14ClN3O/c19-16-6-7-18(15(10-16)11-20)23-17-12-21-22(13-17)9-8-14-4-2-1-3-5-14/h1-7,10,12-13H,8-9H2. The maximum absolute atomic E-state index is 9.13. The van der Waals surface area contributed by atoms with E-state index in [1.165, 1.54) is 5.56 Å². The first-order valence-electron chi connectivity index (χ1n) is 7.18. The van der Waals surface area contributed by atoms with E-state index in [-0.39, 0.29) is 0 Å². The quantitative estimate of drug-likeness (QED) is 0.697. The summed E-state index contributed by atoms with van der Waals surface area (Å²) < 4.78 is 7.55. The number of hydrogen-bond donors (Lipinski definition) is 0. The molecule has 0 bridgehead atoms. The molecule has 5 heteroatoms. The average Bonchev–Trinajstić information content (AvgIpc) is 3.03. The highest BCUT2D eigenvalue weighted by Gasteiger charge is 2.07. The Labute approximate surface area is 139 Å². The summed E-state index contributed by atoms with van der Waals surface area (Å²) >= 11 is 5.88. The van der Waals surface area contributed by atoms with E-state index >= 15 is 0 Å². The van der Waals surface area contributed by atoms with Crippen LogP contribution < -0.4 is 4.74 Å². The molecule has 1 aromatic heterocycles. The van der Waals surface area contributed by atoms with Crippen molar-refractivity contribution in [3.63, 3.8) is 0 Å². The van der Waals surface area contributed by atoms with Crippen molar-refractivity contribution in [2.75, 3.05) is 0 Å². The fraction of sp³-hybridized carbons (Fsp3) is 0.111. The average molecular weight is 324 g/mol. The molecule has 3 aromatic rings. The van der Waals surface area contributed by atoms with Crippen LogP contribution in [0.5, 0.6) is 11.5 Å². The Balaban J connectivity index is 1.67. The molecule has 0 N–H and O–H groups in total. The van der Waals surface area contributed by atoms with Crippen LogP contribution in [-0.2, 0) is 13.0 Å². The van der Waals surface area contributed by atoms with Crippen LogP contribution in [-0.4, -0.2) is 9.78 Å². The number of nitriles is 1. The summed E-state index contributed by atoms with van der Waals surface area (Å²) in [6.45, 7) is 0.763. The Kier molecular flexibility index (Phi) is 4.60. The normalized spacial score (nSPS) is 10.3. The van der Waals surface area contributed by atoms with Gasteiger partial charge in [0.1, 0.15) is 11.8 Å². The van der Waals surface area contributed by atoms with Crippen molar-refractivity contribution in [3.05, 3.63) is 77.1 Å². The first-order valence-corrected chi connectivity index (χ1v) is 7.56. The number of rotatable bonds is 5. The smallest absolute Gasteiger partial charge is 0.165 e. The molecule has 0 amide bonds. The number of benzene rings is 2. The predicted octanol–water partition coefficient (Wildman–Crippen LogP) is 4.44. The number of aryl methyl sites for hydroxylation is 2. The second-order valence-corrected chi connectivity index (χ2v) is 5.47. The Bertz CT molecular complexity index is 837. The summed E-state index contributed by atoms with van der Waals surface area (Å²) in [5.74, 6) is 1.07. The van der Waals surface area contributed by atoms with Crippen molar-refractivity contribution >= 4 is 11.6 Å². The van der Waals surface area contributed by atoms with Gasteiger partial charge in [-0.15, -0.1) is 0 Å². The monoisotopic (exact) mass is 323 g/mol. The first kappa shape index (κ1) is 15.1. The van der Waals surface area contributed by atoms with E-state index in [4.69, 9.17) is 21.6 Å². The molecule has 1 heterocycles. The summed E-state index contributed by atoms with van der Waals surface area (Å²) in [4.78, 5) is 0. The topological polar surface area (TPSA) is 50.8 Å². The predicted molar refractivity (Wildman–Crippen MR) is 88.6 cm³/mol. The van der Waals surface area contributed by atoms with Crippen molar-refractivity contribution in [1.82, 2.24) is 9.78 Å². The minimum absolute atomic E-state index is 0.398. The Morgan fingerprint density at radius 1 is 1.17 bits per heavy atom. The lowest BCUT2D eigenvalue weighted by Crippen LogP contribution is -2.01. The van der Waals surface area contributed by atoms with Gasteiger partial charge in [-0.2, -0.15) is 10.4 Å². The third-order valence-corrected chi connectivity index (χ3v) is 3.61. The summed E-state index contributed by atoms with van der Waals surface area (Å²) in [7, 11) is 0.